The summed E-state index contributed by atoms with van der Waals surface area (Å²) in [5.74, 6) is 0.129. The third-order valence-corrected chi connectivity index (χ3v) is 13.4. The minimum Gasteiger partial charge on any atom is -0.461 e. The largest absolute Gasteiger partial charge is 0.461 e. The van der Waals surface area contributed by atoms with Crippen LogP contribution in [0.4, 0.5) is 0 Å². The molecule has 0 aromatic rings. The Morgan fingerprint density at radius 2 is 1.85 bits per heavy atom. The first-order valence-electron chi connectivity index (χ1n) is 15.5. The molecule has 0 aliphatic heterocycles. The zero-order valence-electron chi connectivity index (χ0n) is 24.7. The van der Waals surface area contributed by atoms with E-state index in [2.05, 4.69) is 32.7 Å². The molecule has 0 saturated heterocycles. The van der Waals surface area contributed by atoms with Crippen LogP contribution in [-0.2, 0) is 19.1 Å². The van der Waals surface area contributed by atoms with Crippen LogP contribution in [0.1, 0.15) is 91.9 Å². The summed E-state index contributed by atoms with van der Waals surface area (Å²) < 4.78 is 6.36. The molecule has 2 bridgehead atoms. The number of hydrogen-bond donors (Lipinski definition) is 3. The van der Waals surface area contributed by atoms with Crippen molar-refractivity contribution in [3.8, 4) is 0 Å². The number of nitrogens with one attached hydrogen (secondary N) is 1. The molecule has 0 aromatic carbocycles. The fraction of sp³-hybridized carbons (Fsp3) is 0.844. The van der Waals surface area contributed by atoms with Crippen LogP contribution in [-0.4, -0.2) is 63.2 Å². The first-order valence-corrected chi connectivity index (χ1v) is 16.5. The van der Waals surface area contributed by atoms with Gasteiger partial charge in [-0.05, 0) is 75.0 Å². The van der Waals surface area contributed by atoms with Crippen molar-refractivity contribution in [2.24, 2.45) is 39.9 Å². The number of Topliss-reactive ketones (excluding diaryl/α,β-unsaturated/α-hetero) is 1. The highest BCUT2D eigenvalue weighted by molar-refractivity contribution is 8.00. The standard InChI is InChI=1S/C32H49NO6S/c1-6-30(4)16-25(31(5)18(2)11-13-32(19(3)28(30)37)14-12-23(35)27(31)32)39-26(36)17-40-24-15-21(9-10-22(24)34)33-29(38)20-7-8-20/h6,18-22,24-25,27-28,34,37H,1,7-17H2,2-5H3,(H,33,38)/t18?,19-,21-,22+,24-,25+,27-,28-,30+,31-,32?/m0/s1. The molecule has 0 radical (unpaired) electrons. The van der Waals surface area contributed by atoms with Crippen molar-refractivity contribution in [2.45, 2.75) is 122 Å². The number of rotatable bonds is 7. The first-order chi connectivity index (χ1) is 18.9. The Labute approximate surface area is 243 Å². The Balaban J connectivity index is 1.33. The molecule has 7 nitrogen and oxygen atoms in total. The van der Waals surface area contributed by atoms with Gasteiger partial charge in [0, 0.05) is 40.4 Å². The van der Waals surface area contributed by atoms with Crippen molar-refractivity contribution >= 4 is 29.4 Å². The van der Waals surface area contributed by atoms with Gasteiger partial charge in [0.1, 0.15) is 11.9 Å². The maximum absolute atomic E-state index is 13.6. The molecule has 11 atom stereocenters. The van der Waals surface area contributed by atoms with Gasteiger partial charge in [-0.2, -0.15) is 0 Å². The lowest BCUT2D eigenvalue weighted by molar-refractivity contribution is -0.205. The molecule has 224 valence electrons. The molecule has 5 aliphatic rings. The number of ketones is 1. The molecular weight excluding hydrogens is 526 g/mol. The summed E-state index contributed by atoms with van der Waals surface area (Å²) in [5, 5.41) is 25.3. The van der Waals surface area contributed by atoms with Crippen LogP contribution in [0.15, 0.2) is 12.7 Å². The molecule has 1 amide bonds. The quantitative estimate of drug-likeness (QED) is 0.304. The van der Waals surface area contributed by atoms with E-state index in [0.717, 1.165) is 38.5 Å². The summed E-state index contributed by atoms with van der Waals surface area (Å²) in [6.07, 6.45) is 7.51. The van der Waals surface area contributed by atoms with Crippen molar-refractivity contribution in [1.29, 1.82) is 0 Å². The van der Waals surface area contributed by atoms with Gasteiger partial charge in [0.25, 0.3) is 0 Å². The summed E-state index contributed by atoms with van der Waals surface area (Å²) >= 11 is 1.40. The molecule has 0 heterocycles. The first kappa shape index (κ1) is 30.1. The SMILES string of the molecule is C=C[C@]1(C)C[C@@H](OC(=O)CS[C@H]2C[C@@H](NC(=O)C3CC3)CC[C@H]2O)[C@]2(C)C(C)CCC3(CCC(=O)[C@H]32)[C@@H](C)[C@@H]1O. The summed E-state index contributed by atoms with van der Waals surface area (Å²) in [4.78, 5) is 39.3. The topological polar surface area (TPSA) is 113 Å². The predicted molar refractivity (Wildman–Crippen MR) is 155 cm³/mol. The molecule has 0 spiro atoms. The average molecular weight is 576 g/mol. The van der Waals surface area contributed by atoms with Gasteiger partial charge < -0.3 is 20.3 Å². The number of carbonyl (C=O) groups is 3. The van der Waals surface area contributed by atoms with Crippen LogP contribution in [0.2, 0.25) is 0 Å². The molecule has 3 N–H and O–H groups in total. The highest BCUT2D eigenvalue weighted by Crippen LogP contribution is 2.68. The van der Waals surface area contributed by atoms with Crippen molar-refractivity contribution in [3.05, 3.63) is 12.7 Å². The van der Waals surface area contributed by atoms with Crippen LogP contribution in [0, 0.1) is 39.9 Å². The molecule has 5 fully saturated rings. The third kappa shape index (κ3) is 5.08. The molecule has 40 heavy (non-hydrogen) atoms. The Hall–Kier alpha value is -1.38. The van der Waals surface area contributed by atoms with E-state index in [9.17, 15) is 24.6 Å². The second-order valence-electron chi connectivity index (χ2n) is 14.3. The predicted octanol–water partition coefficient (Wildman–Crippen LogP) is 4.43. The van der Waals surface area contributed by atoms with Gasteiger partial charge in [0.05, 0.1) is 18.0 Å². The summed E-state index contributed by atoms with van der Waals surface area (Å²) in [5.41, 5.74) is -1.49. The number of aliphatic hydroxyl groups excluding tert-OH is 2. The van der Waals surface area contributed by atoms with E-state index in [0.29, 0.717) is 25.7 Å². The zero-order chi connectivity index (χ0) is 29.0. The van der Waals surface area contributed by atoms with Crippen LogP contribution in [0.25, 0.3) is 0 Å². The van der Waals surface area contributed by atoms with Gasteiger partial charge in [-0.1, -0.05) is 33.8 Å². The fourth-order valence-electron chi connectivity index (χ4n) is 8.96. The third-order valence-electron chi connectivity index (χ3n) is 12.0. The summed E-state index contributed by atoms with van der Waals surface area (Å²) in [7, 11) is 0. The lowest BCUT2D eigenvalue weighted by Gasteiger charge is -2.61. The molecule has 8 heteroatoms. The minimum absolute atomic E-state index is 0.0240. The number of aliphatic hydroxyl groups is 2. The van der Waals surface area contributed by atoms with E-state index in [-0.39, 0.29) is 63.8 Å². The van der Waals surface area contributed by atoms with Crippen LogP contribution in [0.3, 0.4) is 0 Å². The monoisotopic (exact) mass is 575 g/mol. The minimum atomic E-state index is -0.688. The maximum Gasteiger partial charge on any atom is 0.316 e. The van der Waals surface area contributed by atoms with E-state index in [1.54, 1.807) is 0 Å². The Bertz CT molecular complexity index is 1030. The average Bonchev–Trinajstić information content (AvgIpc) is 3.72. The number of carbonyl (C=O) groups excluding carboxylic acids is 3. The maximum atomic E-state index is 13.6. The van der Waals surface area contributed by atoms with E-state index < -0.39 is 29.1 Å². The smallest absolute Gasteiger partial charge is 0.316 e. The van der Waals surface area contributed by atoms with Gasteiger partial charge >= 0.3 is 5.97 Å². The molecule has 0 aromatic heterocycles. The Morgan fingerprint density at radius 1 is 1.12 bits per heavy atom. The number of ether oxygens (including phenoxy) is 1. The summed E-state index contributed by atoms with van der Waals surface area (Å²) in [6, 6.07) is 0.0240. The van der Waals surface area contributed by atoms with Crippen molar-refractivity contribution in [2.75, 3.05) is 5.75 Å². The summed E-state index contributed by atoms with van der Waals surface area (Å²) in [6.45, 7) is 12.5. The van der Waals surface area contributed by atoms with Gasteiger partial charge in [-0.3, -0.25) is 14.4 Å². The zero-order valence-corrected chi connectivity index (χ0v) is 25.5. The van der Waals surface area contributed by atoms with Crippen LogP contribution < -0.4 is 5.32 Å². The molecule has 2 unspecified atom stereocenters. The van der Waals surface area contributed by atoms with Crippen LogP contribution in [0.5, 0.6) is 0 Å². The normalized spacial score (nSPS) is 47.0. The van der Waals surface area contributed by atoms with E-state index in [1.807, 2.05) is 13.0 Å². The number of amides is 1. The van der Waals surface area contributed by atoms with Gasteiger partial charge in [-0.25, -0.2) is 0 Å². The lowest BCUT2D eigenvalue weighted by atomic mass is 9.44. The van der Waals surface area contributed by atoms with Crippen molar-refractivity contribution in [3.63, 3.8) is 0 Å². The van der Waals surface area contributed by atoms with Gasteiger partial charge in [0.2, 0.25) is 5.91 Å². The second kappa shape index (κ2) is 11.0. The number of hydrogen-bond acceptors (Lipinski definition) is 7. The van der Waals surface area contributed by atoms with Gasteiger partial charge in [-0.15, -0.1) is 18.3 Å². The van der Waals surface area contributed by atoms with E-state index in [4.69, 9.17) is 4.74 Å². The molecule has 5 saturated carbocycles. The number of thioether (sulfide) groups is 1. The highest BCUT2D eigenvalue weighted by atomic mass is 32.2. The van der Waals surface area contributed by atoms with Crippen molar-refractivity contribution < 1.29 is 29.3 Å². The fourth-order valence-corrected chi connectivity index (χ4v) is 10.1. The Kier molecular flexibility index (Phi) is 8.30. The molecular formula is C32H49NO6S. The molecule has 5 aliphatic carbocycles. The molecule has 5 rings (SSSR count). The van der Waals surface area contributed by atoms with Crippen molar-refractivity contribution in [1.82, 2.24) is 5.32 Å². The highest BCUT2D eigenvalue weighted by Gasteiger charge is 2.68. The van der Waals surface area contributed by atoms with E-state index >= 15 is 0 Å². The van der Waals surface area contributed by atoms with Crippen LogP contribution >= 0.6 is 11.8 Å². The van der Waals surface area contributed by atoms with Gasteiger partial charge in [0.15, 0.2) is 0 Å². The lowest BCUT2D eigenvalue weighted by Crippen LogP contribution is -2.63. The van der Waals surface area contributed by atoms with E-state index in [1.165, 1.54) is 11.8 Å². The number of esters is 1. The second-order valence-corrected chi connectivity index (χ2v) is 15.5. The Morgan fingerprint density at radius 3 is 2.52 bits per heavy atom.